The summed E-state index contributed by atoms with van der Waals surface area (Å²) in [6.45, 7) is 0. The molecule has 2 aromatic rings. The van der Waals surface area contributed by atoms with Crippen molar-refractivity contribution in [2.75, 3.05) is 0 Å². The number of hydrogen-bond acceptors (Lipinski definition) is 2. The van der Waals surface area contributed by atoms with E-state index in [2.05, 4.69) is 38.5 Å². The van der Waals surface area contributed by atoms with Crippen molar-refractivity contribution in [2.45, 2.75) is 0 Å². The Hall–Kier alpha value is 0.0900. The zero-order chi connectivity index (χ0) is 11.7. The molecule has 1 aromatic carbocycles. The van der Waals surface area contributed by atoms with E-state index < -0.39 is 0 Å². The highest BCUT2D eigenvalue weighted by Crippen LogP contribution is 2.33. The van der Waals surface area contributed by atoms with E-state index in [1.807, 2.05) is 24.3 Å². The minimum absolute atomic E-state index is 0.0163. The summed E-state index contributed by atoms with van der Waals surface area (Å²) in [7, 11) is 0. The van der Waals surface area contributed by atoms with Gasteiger partial charge in [0.05, 0.1) is 4.88 Å². The van der Waals surface area contributed by atoms with E-state index in [-0.39, 0.29) is 5.78 Å². The molecule has 16 heavy (non-hydrogen) atoms. The second kappa shape index (κ2) is 5.16. The molecule has 0 fully saturated rings. The van der Waals surface area contributed by atoms with Gasteiger partial charge in [-0.1, -0.05) is 23.7 Å². The van der Waals surface area contributed by atoms with E-state index in [0.717, 1.165) is 8.04 Å². The van der Waals surface area contributed by atoms with E-state index in [1.54, 1.807) is 6.07 Å². The maximum absolute atomic E-state index is 12.2. The molecular formula is C11H5BrClIOS. The molecule has 0 atom stereocenters. The molecule has 0 unspecified atom stereocenters. The van der Waals surface area contributed by atoms with Gasteiger partial charge in [0, 0.05) is 13.6 Å². The summed E-state index contributed by atoms with van der Waals surface area (Å²) in [6, 6.07) is 9.28. The van der Waals surface area contributed by atoms with Gasteiger partial charge in [0.2, 0.25) is 5.78 Å². The van der Waals surface area contributed by atoms with Gasteiger partial charge in [0.25, 0.3) is 0 Å². The fourth-order valence-electron chi connectivity index (χ4n) is 1.24. The number of carbonyl (C=O) groups is 1. The summed E-state index contributed by atoms with van der Waals surface area (Å²) in [5, 5.41) is 0. The Morgan fingerprint density at radius 1 is 1.38 bits per heavy atom. The molecule has 0 aliphatic heterocycles. The Balaban J connectivity index is 2.43. The number of rotatable bonds is 2. The van der Waals surface area contributed by atoms with Gasteiger partial charge in [-0.2, -0.15) is 0 Å². The van der Waals surface area contributed by atoms with Crippen molar-refractivity contribution in [3.63, 3.8) is 0 Å². The maximum atomic E-state index is 12.2. The second-order valence-electron chi connectivity index (χ2n) is 3.04. The fourth-order valence-corrected chi connectivity index (χ4v) is 3.53. The van der Waals surface area contributed by atoms with Gasteiger partial charge in [-0.15, -0.1) is 11.3 Å². The van der Waals surface area contributed by atoms with E-state index in [9.17, 15) is 4.79 Å². The van der Waals surface area contributed by atoms with Crippen LogP contribution < -0.4 is 0 Å². The Kier molecular flexibility index (Phi) is 4.05. The Labute approximate surface area is 124 Å². The molecule has 0 spiro atoms. The highest BCUT2D eigenvalue weighted by atomic mass is 127. The van der Waals surface area contributed by atoms with Gasteiger partial charge in [-0.3, -0.25) is 4.79 Å². The molecular weight excluding hydrogens is 422 g/mol. The van der Waals surface area contributed by atoms with Crippen molar-refractivity contribution in [2.24, 2.45) is 0 Å². The van der Waals surface area contributed by atoms with Gasteiger partial charge < -0.3 is 0 Å². The first-order valence-electron chi connectivity index (χ1n) is 4.33. The predicted molar refractivity (Wildman–Crippen MR) is 79.6 cm³/mol. The number of carbonyl (C=O) groups excluding carboxylic acids is 1. The Morgan fingerprint density at radius 3 is 2.62 bits per heavy atom. The van der Waals surface area contributed by atoms with E-state index in [0.29, 0.717) is 14.8 Å². The molecule has 0 N–H and O–H groups in total. The normalized spacial score (nSPS) is 10.4. The summed E-state index contributed by atoms with van der Waals surface area (Å²) in [6.07, 6.45) is 0. The van der Waals surface area contributed by atoms with Crippen LogP contribution in [0.15, 0.2) is 34.8 Å². The molecule has 1 aromatic heterocycles. The standard InChI is InChI=1S/C11H5BrClIOS/c12-7-5-9(16-11(7)13)10(15)6-3-1-2-4-8(6)14/h1-5H. The lowest BCUT2D eigenvalue weighted by Gasteiger charge is -2.00. The molecule has 5 heteroatoms. The minimum atomic E-state index is 0.0163. The number of halogens is 3. The summed E-state index contributed by atoms with van der Waals surface area (Å²) in [5.74, 6) is 0.0163. The number of thiophene rings is 1. The van der Waals surface area contributed by atoms with Crippen molar-refractivity contribution in [1.82, 2.24) is 0 Å². The van der Waals surface area contributed by atoms with Crippen LogP contribution in [0.4, 0.5) is 0 Å². The summed E-state index contributed by atoms with van der Waals surface area (Å²) in [5.41, 5.74) is 0.716. The second-order valence-corrected chi connectivity index (χ2v) is 6.71. The molecule has 0 aliphatic rings. The van der Waals surface area contributed by atoms with Gasteiger partial charge in [-0.05, 0) is 56.7 Å². The molecule has 82 valence electrons. The zero-order valence-electron chi connectivity index (χ0n) is 7.84. The number of hydrogen-bond donors (Lipinski definition) is 0. The van der Waals surface area contributed by atoms with Crippen LogP contribution in [-0.2, 0) is 0 Å². The number of ketones is 1. The average molecular weight is 427 g/mol. The van der Waals surface area contributed by atoms with Crippen LogP contribution in [0.1, 0.15) is 15.2 Å². The summed E-state index contributed by atoms with van der Waals surface area (Å²) in [4.78, 5) is 12.8. The van der Waals surface area contributed by atoms with Gasteiger partial charge in [0.15, 0.2) is 0 Å². The van der Waals surface area contributed by atoms with Crippen LogP contribution in [0.25, 0.3) is 0 Å². The minimum Gasteiger partial charge on any atom is -0.288 e. The molecule has 0 amide bonds. The predicted octanol–water partition coefficient (Wildman–Crippen LogP) is 5.00. The van der Waals surface area contributed by atoms with Crippen LogP contribution in [0.2, 0.25) is 4.34 Å². The first kappa shape index (κ1) is 12.5. The van der Waals surface area contributed by atoms with Gasteiger partial charge >= 0.3 is 0 Å². The van der Waals surface area contributed by atoms with Crippen molar-refractivity contribution in [1.29, 1.82) is 0 Å². The summed E-state index contributed by atoms with van der Waals surface area (Å²) < 4.78 is 2.33. The van der Waals surface area contributed by atoms with Crippen LogP contribution in [0.5, 0.6) is 0 Å². The topological polar surface area (TPSA) is 17.1 Å². The van der Waals surface area contributed by atoms with Crippen molar-refractivity contribution in [3.8, 4) is 0 Å². The average Bonchev–Trinajstić information content (AvgIpc) is 2.59. The molecule has 0 aliphatic carbocycles. The van der Waals surface area contributed by atoms with Gasteiger partial charge in [0.1, 0.15) is 4.34 Å². The Bertz CT molecular complexity index is 533. The number of benzene rings is 1. The first-order valence-corrected chi connectivity index (χ1v) is 7.40. The first-order chi connectivity index (χ1) is 7.59. The fraction of sp³-hybridized carbons (Fsp3) is 0. The molecule has 0 radical (unpaired) electrons. The van der Waals surface area contributed by atoms with Gasteiger partial charge in [-0.25, -0.2) is 0 Å². The maximum Gasteiger partial charge on any atom is 0.204 e. The summed E-state index contributed by atoms with van der Waals surface area (Å²) >= 11 is 12.7. The molecule has 1 heterocycles. The molecule has 0 saturated carbocycles. The largest absolute Gasteiger partial charge is 0.288 e. The van der Waals surface area contributed by atoms with E-state index >= 15 is 0 Å². The van der Waals surface area contributed by atoms with Crippen molar-refractivity contribution >= 4 is 67.2 Å². The van der Waals surface area contributed by atoms with E-state index in [1.165, 1.54) is 11.3 Å². The molecule has 0 saturated heterocycles. The SMILES string of the molecule is O=C(c1cc(Br)c(Cl)s1)c1ccccc1I. The zero-order valence-corrected chi connectivity index (χ0v) is 13.2. The highest BCUT2D eigenvalue weighted by molar-refractivity contribution is 14.1. The lowest BCUT2D eigenvalue weighted by Crippen LogP contribution is -2.00. The molecule has 2 rings (SSSR count). The lowest BCUT2D eigenvalue weighted by atomic mass is 10.1. The van der Waals surface area contributed by atoms with Crippen molar-refractivity contribution in [3.05, 3.63) is 53.2 Å². The van der Waals surface area contributed by atoms with E-state index in [4.69, 9.17) is 11.6 Å². The van der Waals surface area contributed by atoms with Crippen LogP contribution in [0.3, 0.4) is 0 Å². The van der Waals surface area contributed by atoms with Crippen LogP contribution >= 0.6 is 61.5 Å². The van der Waals surface area contributed by atoms with Crippen molar-refractivity contribution < 1.29 is 4.79 Å². The third-order valence-electron chi connectivity index (χ3n) is 1.99. The lowest BCUT2D eigenvalue weighted by molar-refractivity contribution is 0.104. The third-order valence-corrected chi connectivity index (χ3v) is 5.40. The monoisotopic (exact) mass is 426 g/mol. The third kappa shape index (κ3) is 2.50. The smallest absolute Gasteiger partial charge is 0.204 e. The van der Waals surface area contributed by atoms with Crippen LogP contribution in [0, 0.1) is 3.57 Å². The van der Waals surface area contributed by atoms with Crippen LogP contribution in [-0.4, -0.2) is 5.78 Å². The molecule has 0 bridgehead atoms. The molecule has 1 nitrogen and oxygen atoms in total. The Morgan fingerprint density at radius 2 is 2.06 bits per heavy atom. The quantitative estimate of drug-likeness (QED) is 0.487. The highest BCUT2D eigenvalue weighted by Gasteiger charge is 2.16.